The van der Waals surface area contributed by atoms with E-state index in [0.717, 1.165) is 141 Å². The van der Waals surface area contributed by atoms with Gasteiger partial charge in [0.2, 0.25) is 0 Å². The molecule has 0 spiro atoms. The van der Waals surface area contributed by atoms with Crippen molar-refractivity contribution in [1.29, 1.82) is 0 Å². The highest BCUT2D eigenvalue weighted by molar-refractivity contribution is 5.71. The Hall–Kier alpha value is -4.45. The summed E-state index contributed by atoms with van der Waals surface area (Å²) in [5.74, 6) is -0.913. The molecule has 442 valence electrons. The Morgan fingerprint density at radius 3 is 0.795 bits per heavy atom. The molecule has 0 heterocycles. The lowest BCUT2D eigenvalue weighted by atomic mass is 10.1. The maximum atomic E-state index is 12.9. The molecule has 0 bridgehead atoms. The van der Waals surface area contributed by atoms with Crippen molar-refractivity contribution in [2.45, 2.75) is 290 Å². The van der Waals surface area contributed by atoms with Gasteiger partial charge >= 0.3 is 17.9 Å². The summed E-state index contributed by atoms with van der Waals surface area (Å²) in [7, 11) is 0. The SMILES string of the molecule is CC/C=C\C/C=C\C/C=C\C/C=C\C/C=C\C/C=C\C/C=C\CCCCCCCCCCCC(=O)OCC(COC(=O)CCCCCCC/C=C\CCCCC)OC(=O)CCCCCCCCC/C=C\C/C=C\C/C=C\CC. The molecule has 6 heteroatoms. The number of hydrogen-bond acceptors (Lipinski definition) is 6. The highest BCUT2D eigenvalue weighted by atomic mass is 16.6. The van der Waals surface area contributed by atoms with Gasteiger partial charge in [-0.05, 0) is 135 Å². The van der Waals surface area contributed by atoms with Crippen LogP contribution in [0.3, 0.4) is 0 Å². The van der Waals surface area contributed by atoms with Crippen LogP contribution in [0, 0.1) is 0 Å². The van der Waals surface area contributed by atoms with Gasteiger partial charge in [-0.3, -0.25) is 14.4 Å². The van der Waals surface area contributed by atoms with Gasteiger partial charge in [0.15, 0.2) is 6.10 Å². The molecule has 0 saturated carbocycles. The van der Waals surface area contributed by atoms with Crippen molar-refractivity contribution in [1.82, 2.24) is 0 Å². The first kappa shape index (κ1) is 73.5. The Kier molecular flexibility index (Phi) is 61.4. The normalized spacial score (nSPS) is 13.0. The van der Waals surface area contributed by atoms with Crippen molar-refractivity contribution >= 4 is 17.9 Å². The van der Waals surface area contributed by atoms with E-state index in [-0.39, 0.29) is 31.1 Å². The number of allylic oxidation sites excluding steroid dienone is 22. The summed E-state index contributed by atoms with van der Waals surface area (Å²) in [6.45, 7) is 6.38. The van der Waals surface area contributed by atoms with Crippen LogP contribution in [0.4, 0.5) is 0 Å². The van der Waals surface area contributed by atoms with Crippen LogP contribution in [0.1, 0.15) is 284 Å². The van der Waals surface area contributed by atoms with E-state index in [1.165, 1.54) is 103 Å². The van der Waals surface area contributed by atoms with E-state index in [9.17, 15) is 14.4 Å². The zero-order valence-electron chi connectivity index (χ0n) is 50.6. The van der Waals surface area contributed by atoms with E-state index in [1.807, 2.05) is 0 Å². The fraction of sp³-hybridized carbons (Fsp3) is 0.653. The minimum absolute atomic E-state index is 0.0905. The molecule has 6 nitrogen and oxygen atoms in total. The van der Waals surface area contributed by atoms with E-state index in [4.69, 9.17) is 14.2 Å². The van der Waals surface area contributed by atoms with Crippen LogP contribution in [-0.4, -0.2) is 37.2 Å². The fourth-order valence-corrected chi connectivity index (χ4v) is 8.61. The number of unbranched alkanes of at least 4 members (excludes halogenated alkanes) is 24. The van der Waals surface area contributed by atoms with Crippen LogP contribution >= 0.6 is 0 Å². The largest absolute Gasteiger partial charge is 0.462 e. The van der Waals surface area contributed by atoms with Crippen LogP contribution < -0.4 is 0 Å². The summed E-state index contributed by atoms with van der Waals surface area (Å²) in [4.78, 5) is 38.3. The molecular weight excluding hydrogens is 961 g/mol. The topological polar surface area (TPSA) is 78.9 Å². The van der Waals surface area contributed by atoms with Crippen molar-refractivity contribution in [3.63, 3.8) is 0 Å². The van der Waals surface area contributed by atoms with Gasteiger partial charge in [-0.2, -0.15) is 0 Å². The number of carbonyl (C=O) groups excluding carboxylic acids is 3. The second-order valence-corrected chi connectivity index (χ2v) is 20.9. The number of rotatable bonds is 57. The number of hydrogen-bond donors (Lipinski definition) is 0. The Bertz CT molecular complexity index is 1670. The van der Waals surface area contributed by atoms with Gasteiger partial charge in [0.25, 0.3) is 0 Å². The quantitative estimate of drug-likeness (QED) is 0.0261. The molecule has 0 aromatic heterocycles. The molecule has 0 N–H and O–H groups in total. The monoisotopic (exact) mass is 1080 g/mol. The van der Waals surface area contributed by atoms with Crippen LogP contribution in [0.15, 0.2) is 134 Å². The van der Waals surface area contributed by atoms with Crippen molar-refractivity contribution in [3.05, 3.63) is 134 Å². The first-order valence-electron chi connectivity index (χ1n) is 32.2. The minimum atomic E-state index is -0.794. The molecule has 0 saturated heterocycles. The van der Waals surface area contributed by atoms with Gasteiger partial charge in [0.1, 0.15) is 13.2 Å². The smallest absolute Gasteiger partial charge is 0.306 e. The average Bonchev–Trinajstić information content (AvgIpc) is 3.44. The Morgan fingerprint density at radius 1 is 0.269 bits per heavy atom. The highest BCUT2D eigenvalue weighted by Gasteiger charge is 2.19. The number of esters is 3. The third-order valence-electron chi connectivity index (χ3n) is 13.4. The summed E-state index contributed by atoms with van der Waals surface area (Å²) in [6.07, 6.45) is 91.7. The van der Waals surface area contributed by atoms with Crippen molar-refractivity contribution in [2.75, 3.05) is 13.2 Å². The summed E-state index contributed by atoms with van der Waals surface area (Å²) in [5.41, 5.74) is 0. The molecule has 78 heavy (non-hydrogen) atoms. The molecular formula is C72H118O6. The van der Waals surface area contributed by atoms with Gasteiger partial charge in [-0.1, -0.05) is 264 Å². The van der Waals surface area contributed by atoms with Gasteiger partial charge in [0, 0.05) is 19.3 Å². The van der Waals surface area contributed by atoms with Gasteiger partial charge in [-0.15, -0.1) is 0 Å². The predicted octanol–water partition coefficient (Wildman–Crippen LogP) is 22.2. The van der Waals surface area contributed by atoms with Gasteiger partial charge in [-0.25, -0.2) is 0 Å². The molecule has 0 radical (unpaired) electrons. The summed E-state index contributed by atoms with van der Waals surface area (Å²) in [6, 6.07) is 0. The predicted molar refractivity (Wildman–Crippen MR) is 339 cm³/mol. The second kappa shape index (κ2) is 65.1. The summed E-state index contributed by atoms with van der Waals surface area (Å²) >= 11 is 0. The van der Waals surface area contributed by atoms with Crippen LogP contribution in [0.5, 0.6) is 0 Å². The van der Waals surface area contributed by atoms with Crippen LogP contribution in [-0.2, 0) is 28.6 Å². The standard InChI is InChI=1S/C72H118O6/c1-4-7-10-13-16-19-22-25-27-29-30-31-32-33-34-35-36-37-38-39-40-41-42-44-45-47-50-53-56-59-62-65-71(74)77-68-69(67-76-70(73)64-61-58-55-52-49-24-21-18-15-12-9-6-3)78-72(75)66-63-60-57-54-51-48-46-43-28-26-23-20-17-14-11-8-5-2/h7-8,10-11,16-21,25-28,30-31,33-34,36-37,39-40,69H,4-6,9,12-15,22-24,29,32,35,38,41-68H2,1-3H3/b10-7-,11-8-,19-16-,20-17-,21-18-,27-25-,28-26-,31-30-,34-33-,37-36-,40-39-. The van der Waals surface area contributed by atoms with E-state index in [1.54, 1.807) is 0 Å². The van der Waals surface area contributed by atoms with Crippen molar-refractivity contribution in [2.24, 2.45) is 0 Å². The first-order valence-corrected chi connectivity index (χ1v) is 32.2. The van der Waals surface area contributed by atoms with Gasteiger partial charge in [0.05, 0.1) is 0 Å². The molecule has 0 fully saturated rings. The maximum Gasteiger partial charge on any atom is 0.306 e. The fourth-order valence-electron chi connectivity index (χ4n) is 8.61. The maximum absolute atomic E-state index is 12.9. The van der Waals surface area contributed by atoms with Crippen molar-refractivity contribution < 1.29 is 28.6 Å². The molecule has 1 unspecified atom stereocenters. The summed E-state index contributed by atoms with van der Waals surface area (Å²) < 4.78 is 16.9. The molecule has 0 aliphatic rings. The van der Waals surface area contributed by atoms with E-state index in [0.29, 0.717) is 19.3 Å². The minimum Gasteiger partial charge on any atom is -0.462 e. The molecule has 0 rings (SSSR count). The van der Waals surface area contributed by atoms with Crippen LogP contribution in [0.2, 0.25) is 0 Å². The van der Waals surface area contributed by atoms with E-state index >= 15 is 0 Å². The zero-order valence-corrected chi connectivity index (χ0v) is 50.6. The van der Waals surface area contributed by atoms with Crippen LogP contribution in [0.25, 0.3) is 0 Å². The molecule has 0 aromatic carbocycles. The lowest BCUT2D eigenvalue weighted by molar-refractivity contribution is -0.167. The lowest BCUT2D eigenvalue weighted by Crippen LogP contribution is -2.30. The third-order valence-corrected chi connectivity index (χ3v) is 13.4. The van der Waals surface area contributed by atoms with Gasteiger partial charge < -0.3 is 14.2 Å². The van der Waals surface area contributed by atoms with E-state index < -0.39 is 6.10 Å². The number of ether oxygens (including phenoxy) is 3. The Balaban J connectivity index is 4.29. The second-order valence-electron chi connectivity index (χ2n) is 20.9. The highest BCUT2D eigenvalue weighted by Crippen LogP contribution is 2.15. The molecule has 0 aliphatic carbocycles. The molecule has 0 aromatic rings. The Labute approximate surface area is 481 Å². The third kappa shape index (κ3) is 62.4. The zero-order chi connectivity index (χ0) is 56.4. The average molecular weight is 1080 g/mol. The summed E-state index contributed by atoms with van der Waals surface area (Å²) in [5, 5.41) is 0. The molecule has 0 aliphatic heterocycles. The van der Waals surface area contributed by atoms with Crippen molar-refractivity contribution in [3.8, 4) is 0 Å². The van der Waals surface area contributed by atoms with E-state index in [2.05, 4.69) is 154 Å². The molecule has 1 atom stereocenters. The Morgan fingerprint density at radius 2 is 0.500 bits per heavy atom. The first-order chi connectivity index (χ1) is 38.5. The molecule has 0 amide bonds. The number of carbonyl (C=O) groups is 3. The lowest BCUT2D eigenvalue weighted by Gasteiger charge is -2.18.